The quantitative estimate of drug-likeness (QED) is 0.832. The molecule has 0 saturated heterocycles. The number of benzene rings is 2. The first-order valence-corrected chi connectivity index (χ1v) is 8.46. The highest BCUT2D eigenvalue weighted by molar-refractivity contribution is 6.30. The van der Waals surface area contributed by atoms with Crippen LogP contribution in [-0.2, 0) is 9.59 Å². The molecule has 2 aromatic rings. The molecule has 25 heavy (non-hydrogen) atoms. The Morgan fingerprint density at radius 3 is 2.48 bits per heavy atom. The minimum atomic E-state index is -0.739. The topological polar surface area (TPSA) is 54.5 Å². The molecule has 1 aliphatic rings. The summed E-state index contributed by atoms with van der Waals surface area (Å²) in [5.74, 6) is -0.854. The van der Waals surface area contributed by atoms with Crippen LogP contribution in [0.3, 0.4) is 0 Å². The second-order valence-corrected chi connectivity index (χ2v) is 6.72. The number of carbonyl (C=O) groups is 3. The van der Waals surface area contributed by atoms with Crippen molar-refractivity contribution in [2.45, 2.75) is 32.2 Å². The lowest BCUT2D eigenvalue weighted by Gasteiger charge is -2.30. The highest BCUT2D eigenvalue weighted by Gasteiger charge is 2.44. The Hall–Kier alpha value is -2.46. The zero-order valence-corrected chi connectivity index (χ0v) is 14.8. The molecule has 1 heterocycles. The number of rotatable bonds is 4. The lowest BCUT2D eigenvalue weighted by Crippen LogP contribution is -2.43. The number of fused-ring (bicyclic) bond motifs is 1. The molecule has 0 N–H and O–H groups in total. The molecule has 3 rings (SSSR count). The Morgan fingerprint density at radius 1 is 1.12 bits per heavy atom. The summed E-state index contributed by atoms with van der Waals surface area (Å²) < 4.78 is 0. The fourth-order valence-corrected chi connectivity index (χ4v) is 3.70. The molecule has 0 radical (unpaired) electrons. The van der Waals surface area contributed by atoms with Crippen molar-refractivity contribution in [2.75, 3.05) is 4.90 Å². The molecule has 0 aromatic heterocycles. The van der Waals surface area contributed by atoms with Crippen molar-refractivity contribution < 1.29 is 14.4 Å². The van der Waals surface area contributed by atoms with E-state index in [1.54, 1.807) is 42.5 Å². The van der Waals surface area contributed by atoms with Gasteiger partial charge in [-0.25, -0.2) is 0 Å². The van der Waals surface area contributed by atoms with Gasteiger partial charge in [-0.05, 0) is 36.8 Å². The predicted molar refractivity (Wildman–Crippen MR) is 97.2 cm³/mol. The molecule has 1 aliphatic heterocycles. The molecule has 0 unspecified atom stereocenters. The van der Waals surface area contributed by atoms with E-state index in [4.69, 9.17) is 11.6 Å². The Labute approximate surface area is 151 Å². The third kappa shape index (κ3) is 3.22. The van der Waals surface area contributed by atoms with Crippen molar-refractivity contribution in [1.29, 1.82) is 0 Å². The number of para-hydroxylation sites is 1. The van der Waals surface area contributed by atoms with Gasteiger partial charge in [-0.2, -0.15) is 0 Å². The first-order valence-electron chi connectivity index (χ1n) is 8.08. The Kier molecular flexibility index (Phi) is 4.73. The van der Waals surface area contributed by atoms with Crippen LogP contribution in [0.1, 0.15) is 42.1 Å². The first-order chi connectivity index (χ1) is 11.9. The van der Waals surface area contributed by atoms with Gasteiger partial charge in [0, 0.05) is 29.8 Å². The number of ketones is 2. The highest BCUT2D eigenvalue weighted by Crippen LogP contribution is 2.40. The molecule has 5 heteroatoms. The van der Waals surface area contributed by atoms with Gasteiger partial charge in [-0.15, -0.1) is 0 Å². The van der Waals surface area contributed by atoms with Crippen LogP contribution < -0.4 is 4.90 Å². The van der Waals surface area contributed by atoms with E-state index >= 15 is 0 Å². The Balaban J connectivity index is 2.13. The molecular weight excluding hydrogens is 338 g/mol. The molecule has 0 fully saturated rings. The van der Waals surface area contributed by atoms with E-state index in [2.05, 4.69) is 0 Å². The summed E-state index contributed by atoms with van der Waals surface area (Å²) in [7, 11) is 0. The van der Waals surface area contributed by atoms with Crippen LogP contribution in [0.5, 0.6) is 0 Å². The maximum absolute atomic E-state index is 13.1. The van der Waals surface area contributed by atoms with Gasteiger partial charge in [0.1, 0.15) is 11.8 Å². The maximum atomic E-state index is 13.1. The summed E-state index contributed by atoms with van der Waals surface area (Å²) in [5, 5.41) is 0.531. The van der Waals surface area contributed by atoms with Gasteiger partial charge in [0.15, 0.2) is 5.78 Å². The summed E-state index contributed by atoms with van der Waals surface area (Å²) in [6.45, 7) is 2.92. The zero-order chi connectivity index (χ0) is 18.1. The average molecular weight is 356 g/mol. The number of nitrogens with zero attached hydrogens (tertiary/aromatic N) is 1. The van der Waals surface area contributed by atoms with Gasteiger partial charge in [0.05, 0.1) is 5.69 Å². The normalized spacial score (nSPS) is 17.3. The molecule has 2 atom stereocenters. The van der Waals surface area contributed by atoms with Crippen LogP contribution >= 0.6 is 11.6 Å². The molecule has 0 spiro atoms. The third-order valence-corrected chi connectivity index (χ3v) is 4.72. The van der Waals surface area contributed by atoms with E-state index in [9.17, 15) is 14.4 Å². The molecule has 0 aliphatic carbocycles. The molecule has 2 aromatic carbocycles. The molecule has 128 valence electrons. The summed E-state index contributed by atoms with van der Waals surface area (Å²) in [5.41, 5.74) is 1.89. The minimum Gasteiger partial charge on any atom is -0.300 e. The average Bonchev–Trinajstić information content (AvgIpc) is 2.86. The molecular formula is C20H18ClNO3. The van der Waals surface area contributed by atoms with Gasteiger partial charge in [0.25, 0.3) is 0 Å². The van der Waals surface area contributed by atoms with Crippen molar-refractivity contribution in [2.24, 2.45) is 0 Å². The Morgan fingerprint density at radius 2 is 1.84 bits per heavy atom. The monoisotopic (exact) mass is 355 g/mol. The second-order valence-electron chi connectivity index (χ2n) is 6.28. The summed E-state index contributed by atoms with van der Waals surface area (Å²) in [4.78, 5) is 38.8. The maximum Gasteiger partial charge on any atom is 0.224 e. The lowest BCUT2D eigenvalue weighted by atomic mass is 9.84. The van der Waals surface area contributed by atoms with Crippen LogP contribution in [0.15, 0.2) is 48.5 Å². The van der Waals surface area contributed by atoms with Gasteiger partial charge in [-0.3, -0.25) is 9.59 Å². The van der Waals surface area contributed by atoms with Crippen LogP contribution in [0.2, 0.25) is 5.02 Å². The van der Waals surface area contributed by atoms with Gasteiger partial charge in [0.2, 0.25) is 5.91 Å². The number of halogens is 1. The number of hydrogen-bond donors (Lipinski definition) is 0. The minimum absolute atomic E-state index is 0.0442. The van der Waals surface area contributed by atoms with Crippen molar-refractivity contribution in [1.82, 2.24) is 0 Å². The molecule has 0 bridgehead atoms. The van der Waals surface area contributed by atoms with E-state index in [0.717, 1.165) is 5.56 Å². The summed E-state index contributed by atoms with van der Waals surface area (Å²) in [6.07, 6.45) is 0.161. The van der Waals surface area contributed by atoms with Crippen LogP contribution in [0.4, 0.5) is 5.69 Å². The van der Waals surface area contributed by atoms with E-state index in [1.165, 1.54) is 18.7 Å². The first kappa shape index (κ1) is 17.4. The van der Waals surface area contributed by atoms with Gasteiger partial charge >= 0.3 is 0 Å². The molecule has 4 nitrogen and oxygen atoms in total. The molecule has 1 amide bonds. The SMILES string of the molecule is CC(=O)C[C@@H](c1cccc(Cl)c1)[C@@H]1C(=O)c2ccccc2N1C(C)=O. The number of Topliss-reactive ketones (excluding diaryl/α,β-unsaturated/α-hetero) is 2. The van der Waals surface area contributed by atoms with Crippen LogP contribution in [-0.4, -0.2) is 23.5 Å². The summed E-state index contributed by atoms with van der Waals surface area (Å²) >= 11 is 6.11. The Bertz CT molecular complexity index is 862. The highest BCUT2D eigenvalue weighted by atomic mass is 35.5. The van der Waals surface area contributed by atoms with Crippen LogP contribution in [0, 0.1) is 0 Å². The summed E-state index contributed by atoms with van der Waals surface area (Å²) in [6, 6.07) is 13.4. The standard InChI is InChI=1S/C20H18ClNO3/c1-12(23)10-17(14-6-5-7-15(21)11-14)19-20(25)16-8-3-4-9-18(16)22(19)13(2)24/h3-9,11,17,19H,10H2,1-2H3/t17-,19+/m0/s1. The smallest absolute Gasteiger partial charge is 0.224 e. The predicted octanol–water partition coefficient (Wildman–Crippen LogP) is 4.02. The number of anilines is 1. The van der Waals surface area contributed by atoms with Gasteiger partial charge < -0.3 is 9.69 Å². The van der Waals surface area contributed by atoms with E-state index in [1.807, 2.05) is 6.07 Å². The zero-order valence-electron chi connectivity index (χ0n) is 14.0. The number of amides is 1. The lowest BCUT2D eigenvalue weighted by molar-refractivity contribution is -0.119. The van der Waals surface area contributed by atoms with Crippen molar-refractivity contribution in [3.8, 4) is 0 Å². The third-order valence-electron chi connectivity index (χ3n) is 4.48. The van der Waals surface area contributed by atoms with Crippen molar-refractivity contribution in [3.63, 3.8) is 0 Å². The largest absolute Gasteiger partial charge is 0.300 e. The number of carbonyl (C=O) groups excluding carboxylic acids is 3. The van der Waals surface area contributed by atoms with E-state index in [-0.39, 0.29) is 23.9 Å². The molecule has 0 saturated carbocycles. The second kappa shape index (κ2) is 6.81. The number of hydrogen-bond acceptors (Lipinski definition) is 3. The van der Waals surface area contributed by atoms with Crippen molar-refractivity contribution in [3.05, 3.63) is 64.7 Å². The van der Waals surface area contributed by atoms with E-state index in [0.29, 0.717) is 16.3 Å². The fraction of sp³-hybridized carbons (Fsp3) is 0.250. The van der Waals surface area contributed by atoms with Crippen molar-refractivity contribution >= 4 is 34.8 Å². The van der Waals surface area contributed by atoms with Crippen LogP contribution in [0.25, 0.3) is 0 Å². The van der Waals surface area contributed by atoms with E-state index < -0.39 is 12.0 Å². The fourth-order valence-electron chi connectivity index (χ4n) is 3.51. The van der Waals surface area contributed by atoms with Gasteiger partial charge in [-0.1, -0.05) is 35.9 Å².